The van der Waals surface area contributed by atoms with E-state index in [-0.39, 0.29) is 23.7 Å². The lowest BCUT2D eigenvalue weighted by Crippen LogP contribution is -2.19. The topological polar surface area (TPSA) is 99.3 Å². The Morgan fingerprint density at radius 1 is 1.23 bits per heavy atom. The minimum absolute atomic E-state index is 0.0226. The van der Waals surface area contributed by atoms with Crippen molar-refractivity contribution in [2.24, 2.45) is 0 Å². The second-order valence-corrected chi connectivity index (χ2v) is 6.44. The van der Waals surface area contributed by atoms with Gasteiger partial charge in [-0.15, -0.1) is 0 Å². The number of halogens is 4. The lowest BCUT2D eigenvalue weighted by molar-refractivity contribution is -0.384. The Kier molecular flexibility index (Phi) is 5.92. The van der Waals surface area contributed by atoms with Gasteiger partial charge in [-0.25, -0.2) is 0 Å². The predicted molar refractivity (Wildman–Crippen MR) is 100 cm³/mol. The SMILES string of the molecule is O=C(Cn1cc(Cl)cn1)Nc1cc(Oc2cccc(C(F)(F)F)c2)cc([N+](=O)[O-])c1. The van der Waals surface area contributed by atoms with Crippen LogP contribution in [-0.2, 0) is 17.5 Å². The Labute approximate surface area is 172 Å². The average molecular weight is 441 g/mol. The average Bonchev–Trinajstić information content (AvgIpc) is 3.05. The van der Waals surface area contributed by atoms with Gasteiger partial charge in [0.1, 0.15) is 18.0 Å². The number of hydrogen-bond donors (Lipinski definition) is 1. The quantitative estimate of drug-likeness (QED) is 0.434. The molecule has 0 saturated carbocycles. The minimum atomic E-state index is -4.57. The van der Waals surface area contributed by atoms with Crippen molar-refractivity contribution in [3.8, 4) is 11.5 Å². The van der Waals surface area contributed by atoms with Crippen molar-refractivity contribution in [2.45, 2.75) is 12.7 Å². The molecule has 30 heavy (non-hydrogen) atoms. The molecule has 0 bridgehead atoms. The van der Waals surface area contributed by atoms with Crippen molar-refractivity contribution >= 4 is 28.9 Å². The van der Waals surface area contributed by atoms with E-state index in [2.05, 4.69) is 10.4 Å². The number of carbonyl (C=O) groups excluding carboxylic acids is 1. The van der Waals surface area contributed by atoms with Gasteiger partial charge in [0.05, 0.1) is 33.5 Å². The third kappa shape index (κ3) is 5.47. The summed E-state index contributed by atoms with van der Waals surface area (Å²) in [5.74, 6) is -0.852. The van der Waals surface area contributed by atoms with Gasteiger partial charge in [0.15, 0.2) is 0 Å². The monoisotopic (exact) mass is 440 g/mol. The van der Waals surface area contributed by atoms with Gasteiger partial charge in [-0.2, -0.15) is 18.3 Å². The highest BCUT2D eigenvalue weighted by molar-refractivity contribution is 6.30. The first kappa shape index (κ1) is 21.1. The number of nitro benzene ring substituents is 1. The second kappa shape index (κ2) is 8.41. The summed E-state index contributed by atoms with van der Waals surface area (Å²) in [6.45, 7) is -0.209. The van der Waals surface area contributed by atoms with E-state index in [0.29, 0.717) is 5.02 Å². The maximum absolute atomic E-state index is 12.9. The molecule has 1 aromatic heterocycles. The number of rotatable bonds is 6. The number of ether oxygens (including phenoxy) is 1. The third-order valence-electron chi connectivity index (χ3n) is 3.69. The first-order chi connectivity index (χ1) is 14.1. The van der Waals surface area contributed by atoms with E-state index >= 15 is 0 Å². The summed E-state index contributed by atoms with van der Waals surface area (Å²) in [4.78, 5) is 22.6. The number of non-ortho nitro benzene ring substituents is 1. The van der Waals surface area contributed by atoms with Crippen molar-refractivity contribution in [1.29, 1.82) is 0 Å². The van der Waals surface area contributed by atoms with Crippen LogP contribution in [0.4, 0.5) is 24.5 Å². The molecule has 1 heterocycles. The summed E-state index contributed by atoms with van der Waals surface area (Å²) >= 11 is 5.72. The van der Waals surface area contributed by atoms with Gasteiger partial charge < -0.3 is 10.1 Å². The molecule has 0 aliphatic carbocycles. The lowest BCUT2D eigenvalue weighted by atomic mass is 10.2. The molecule has 0 aliphatic rings. The highest BCUT2D eigenvalue weighted by atomic mass is 35.5. The standard InChI is InChI=1S/C18H12ClF3N4O4/c19-12-8-23-25(9-12)10-17(27)24-13-5-14(26(28)29)7-16(6-13)30-15-3-1-2-11(4-15)18(20,21)22/h1-9H,10H2,(H,24,27). The van der Waals surface area contributed by atoms with Crippen molar-refractivity contribution in [2.75, 3.05) is 5.32 Å². The van der Waals surface area contributed by atoms with Gasteiger partial charge in [0, 0.05) is 18.3 Å². The molecule has 0 radical (unpaired) electrons. The van der Waals surface area contributed by atoms with Gasteiger partial charge in [-0.3, -0.25) is 19.6 Å². The molecule has 0 spiro atoms. The smallest absolute Gasteiger partial charge is 0.416 e. The zero-order valence-electron chi connectivity index (χ0n) is 14.9. The molecule has 1 N–H and O–H groups in total. The third-order valence-corrected chi connectivity index (χ3v) is 3.89. The Balaban J connectivity index is 1.82. The van der Waals surface area contributed by atoms with Crippen LogP contribution < -0.4 is 10.1 Å². The molecule has 3 aromatic rings. The van der Waals surface area contributed by atoms with Gasteiger partial charge in [-0.1, -0.05) is 17.7 Å². The molecule has 0 aliphatic heterocycles. The van der Waals surface area contributed by atoms with E-state index in [1.807, 2.05) is 0 Å². The summed E-state index contributed by atoms with van der Waals surface area (Å²) in [7, 11) is 0. The number of aromatic nitrogens is 2. The Hall–Kier alpha value is -3.60. The van der Waals surface area contributed by atoms with E-state index in [4.69, 9.17) is 16.3 Å². The number of alkyl halides is 3. The molecule has 156 valence electrons. The molecule has 12 heteroatoms. The molecule has 2 aromatic carbocycles. The molecular weight excluding hydrogens is 429 g/mol. The van der Waals surface area contributed by atoms with Crippen molar-refractivity contribution < 1.29 is 27.6 Å². The number of nitro groups is 1. The molecule has 0 saturated heterocycles. The number of hydrogen-bond acceptors (Lipinski definition) is 5. The zero-order chi connectivity index (χ0) is 21.9. The van der Waals surface area contributed by atoms with Crippen molar-refractivity contribution in [3.63, 3.8) is 0 Å². The van der Waals surface area contributed by atoms with Crippen LogP contribution in [0.25, 0.3) is 0 Å². The number of anilines is 1. The fraction of sp³-hybridized carbons (Fsp3) is 0.111. The highest BCUT2D eigenvalue weighted by Gasteiger charge is 2.30. The number of nitrogens with one attached hydrogen (secondary N) is 1. The zero-order valence-corrected chi connectivity index (χ0v) is 15.6. The first-order valence-electron chi connectivity index (χ1n) is 8.22. The first-order valence-corrected chi connectivity index (χ1v) is 8.60. The van der Waals surface area contributed by atoms with Gasteiger partial charge in [-0.05, 0) is 18.2 Å². The highest BCUT2D eigenvalue weighted by Crippen LogP contribution is 2.34. The summed E-state index contributed by atoms with van der Waals surface area (Å²) in [5.41, 5.74) is -1.33. The lowest BCUT2D eigenvalue weighted by Gasteiger charge is -2.11. The van der Waals surface area contributed by atoms with E-state index < -0.39 is 28.3 Å². The number of amides is 1. The summed E-state index contributed by atoms with van der Waals surface area (Å²) in [5, 5.41) is 17.8. The van der Waals surface area contributed by atoms with E-state index in [1.165, 1.54) is 29.2 Å². The Morgan fingerprint density at radius 2 is 2.00 bits per heavy atom. The van der Waals surface area contributed by atoms with Crippen LogP contribution in [0, 0.1) is 10.1 Å². The summed E-state index contributed by atoms with van der Waals surface area (Å²) < 4.78 is 45.2. The van der Waals surface area contributed by atoms with Crippen molar-refractivity contribution in [1.82, 2.24) is 9.78 Å². The number of nitrogens with zero attached hydrogens (tertiary/aromatic N) is 3. The fourth-order valence-corrected chi connectivity index (χ4v) is 2.62. The van der Waals surface area contributed by atoms with E-state index in [9.17, 15) is 28.1 Å². The normalized spacial score (nSPS) is 11.2. The molecule has 0 fully saturated rings. The maximum Gasteiger partial charge on any atom is 0.416 e. The van der Waals surface area contributed by atoms with Crippen LogP contribution in [0.15, 0.2) is 54.9 Å². The van der Waals surface area contributed by atoms with Crippen LogP contribution in [0.5, 0.6) is 11.5 Å². The fourth-order valence-electron chi connectivity index (χ4n) is 2.46. The molecule has 8 nitrogen and oxygen atoms in total. The predicted octanol–water partition coefficient (Wildman–Crippen LogP) is 4.89. The Morgan fingerprint density at radius 3 is 2.63 bits per heavy atom. The van der Waals surface area contributed by atoms with Gasteiger partial charge in [0.2, 0.25) is 5.91 Å². The number of carbonyl (C=O) groups is 1. The van der Waals surface area contributed by atoms with Crippen LogP contribution in [0.3, 0.4) is 0 Å². The molecule has 0 unspecified atom stereocenters. The molecule has 0 atom stereocenters. The maximum atomic E-state index is 12.9. The minimum Gasteiger partial charge on any atom is -0.457 e. The second-order valence-electron chi connectivity index (χ2n) is 6.00. The number of benzene rings is 2. The molecular formula is C18H12ClF3N4O4. The summed E-state index contributed by atoms with van der Waals surface area (Å²) in [6, 6.07) is 7.42. The molecule has 3 rings (SSSR count). The van der Waals surface area contributed by atoms with Crippen LogP contribution in [0.1, 0.15) is 5.56 Å². The molecule has 1 amide bonds. The largest absolute Gasteiger partial charge is 0.457 e. The van der Waals surface area contributed by atoms with E-state index in [0.717, 1.165) is 30.3 Å². The van der Waals surface area contributed by atoms with Gasteiger partial charge >= 0.3 is 6.18 Å². The van der Waals surface area contributed by atoms with E-state index in [1.54, 1.807) is 0 Å². The van der Waals surface area contributed by atoms with Crippen LogP contribution >= 0.6 is 11.6 Å². The van der Waals surface area contributed by atoms with Gasteiger partial charge in [0.25, 0.3) is 5.69 Å². The van der Waals surface area contributed by atoms with Crippen molar-refractivity contribution in [3.05, 3.63) is 75.6 Å². The van der Waals surface area contributed by atoms with Crippen LogP contribution in [-0.4, -0.2) is 20.6 Å². The Bertz CT molecular complexity index is 1100. The van der Waals surface area contributed by atoms with Crippen LogP contribution in [0.2, 0.25) is 5.02 Å². The summed E-state index contributed by atoms with van der Waals surface area (Å²) in [6.07, 6.45) is -1.82.